The molecule has 3 aliphatic heterocycles. The molecule has 144 valence electrons. The van der Waals surface area contributed by atoms with Gasteiger partial charge >= 0.3 is 0 Å². The molecule has 0 saturated carbocycles. The second-order valence-electron chi connectivity index (χ2n) is 6.53. The van der Waals surface area contributed by atoms with Crippen LogP contribution in [-0.4, -0.2) is 60.7 Å². The van der Waals surface area contributed by atoms with Gasteiger partial charge in [0.15, 0.2) is 0 Å². The average molecular weight is 397 g/mol. The molecule has 10 heteroatoms. The fourth-order valence-corrected chi connectivity index (χ4v) is 3.63. The second-order valence-corrected chi connectivity index (χ2v) is 6.53. The minimum absolute atomic E-state index is 0. The Morgan fingerprint density at radius 1 is 1.00 bits per heavy atom. The lowest BCUT2D eigenvalue weighted by molar-refractivity contribution is -0.136. The number of carbonyl (C=O) groups is 4. The van der Waals surface area contributed by atoms with E-state index in [1.54, 1.807) is 0 Å². The van der Waals surface area contributed by atoms with Crippen LogP contribution < -0.4 is 15.5 Å². The number of piperidine rings is 1. The monoisotopic (exact) mass is 396 g/mol. The van der Waals surface area contributed by atoms with Gasteiger partial charge in [-0.15, -0.1) is 12.4 Å². The van der Waals surface area contributed by atoms with E-state index < -0.39 is 35.5 Å². The van der Waals surface area contributed by atoms with Crippen molar-refractivity contribution in [3.05, 3.63) is 29.1 Å². The van der Waals surface area contributed by atoms with Crippen molar-refractivity contribution < 1.29 is 23.6 Å². The molecule has 1 aromatic rings. The van der Waals surface area contributed by atoms with Gasteiger partial charge in [0.1, 0.15) is 11.9 Å². The molecule has 2 N–H and O–H groups in total. The summed E-state index contributed by atoms with van der Waals surface area (Å²) in [4.78, 5) is 51.4. The predicted molar refractivity (Wildman–Crippen MR) is 95.4 cm³/mol. The molecule has 0 aliphatic carbocycles. The van der Waals surface area contributed by atoms with E-state index in [0.29, 0.717) is 26.2 Å². The van der Waals surface area contributed by atoms with Crippen molar-refractivity contribution in [3.63, 3.8) is 0 Å². The zero-order valence-electron chi connectivity index (χ0n) is 14.3. The largest absolute Gasteiger partial charge is 0.367 e. The number of hydrogen-bond acceptors (Lipinski definition) is 6. The van der Waals surface area contributed by atoms with Gasteiger partial charge in [-0.1, -0.05) is 0 Å². The highest BCUT2D eigenvalue weighted by Gasteiger charge is 2.45. The van der Waals surface area contributed by atoms with Gasteiger partial charge in [0, 0.05) is 32.6 Å². The van der Waals surface area contributed by atoms with E-state index in [-0.39, 0.29) is 42.1 Å². The standard InChI is InChI=1S/C17H17FN4O4.ClH/c18-11-7-9-10(8-13(11)21-5-3-19-4-6-21)17(26)22(16(9)25)12-1-2-14(23)20-15(12)24;/h7-8,12,19H,1-6H2,(H,20,23,24);1H/t12-;/m0./s1. The summed E-state index contributed by atoms with van der Waals surface area (Å²) in [5, 5.41) is 5.30. The average Bonchev–Trinajstić information content (AvgIpc) is 2.86. The van der Waals surface area contributed by atoms with E-state index in [4.69, 9.17) is 0 Å². The van der Waals surface area contributed by atoms with Crippen LogP contribution in [0.2, 0.25) is 0 Å². The fraction of sp³-hybridized carbons (Fsp3) is 0.412. The molecule has 0 bridgehead atoms. The summed E-state index contributed by atoms with van der Waals surface area (Å²) in [6, 6.07) is 1.41. The Bertz CT molecular complexity index is 840. The Labute approximate surface area is 160 Å². The number of hydrogen-bond donors (Lipinski definition) is 2. The molecular formula is C17H18ClFN4O4. The minimum Gasteiger partial charge on any atom is -0.367 e. The Morgan fingerprint density at radius 3 is 2.26 bits per heavy atom. The van der Waals surface area contributed by atoms with Crippen LogP contribution in [0.4, 0.5) is 10.1 Å². The Hall–Kier alpha value is -2.52. The molecule has 3 heterocycles. The van der Waals surface area contributed by atoms with Crippen molar-refractivity contribution in [1.29, 1.82) is 0 Å². The van der Waals surface area contributed by atoms with E-state index in [0.717, 1.165) is 11.0 Å². The lowest BCUT2D eigenvalue weighted by atomic mass is 10.0. The van der Waals surface area contributed by atoms with Crippen molar-refractivity contribution in [1.82, 2.24) is 15.5 Å². The van der Waals surface area contributed by atoms with Crippen LogP contribution in [0, 0.1) is 5.82 Å². The smallest absolute Gasteiger partial charge is 0.262 e. The molecular weight excluding hydrogens is 379 g/mol. The maximum atomic E-state index is 14.6. The molecule has 4 rings (SSSR count). The molecule has 3 aliphatic rings. The highest BCUT2D eigenvalue weighted by Crippen LogP contribution is 2.32. The van der Waals surface area contributed by atoms with E-state index >= 15 is 0 Å². The number of amides is 4. The quantitative estimate of drug-likeness (QED) is 0.686. The zero-order chi connectivity index (χ0) is 18.4. The summed E-state index contributed by atoms with van der Waals surface area (Å²) in [7, 11) is 0. The number of benzene rings is 1. The van der Waals surface area contributed by atoms with Crippen LogP contribution in [0.5, 0.6) is 0 Å². The third kappa shape index (κ3) is 3.17. The second kappa shape index (κ2) is 7.24. The van der Waals surface area contributed by atoms with Gasteiger partial charge < -0.3 is 10.2 Å². The summed E-state index contributed by atoms with van der Waals surface area (Å²) in [6.45, 7) is 2.58. The lowest BCUT2D eigenvalue weighted by Crippen LogP contribution is -2.54. The van der Waals surface area contributed by atoms with E-state index in [9.17, 15) is 23.6 Å². The van der Waals surface area contributed by atoms with Crippen LogP contribution in [0.15, 0.2) is 12.1 Å². The van der Waals surface area contributed by atoms with Crippen molar-refractivity contribution in [2.45, 2.75) is 18.9 Å². The normalized spacial score (nSPS) is 22.5. The predicted octanol–water partition coefficient (Wildman–Crippen LogP) is 0.0583. The van der Waals surface area contributed by atoms with Gasteiger partial charge in [-0.2, -0.15) is 0 Å². The number of rotatable bonds is 2. The van der Waals surface area contributed by atoms with Gasteiger partial charge in [-0.25, -0.2) is 4.39 Å². The molecule has 0 spiro atoms. The maximum absolute atomic E-state index is 14.6. The van der Waals surface area contributed by atoms with Gasteiger partial charge in [0.05, 0.1) is 16.8 Å². The first-order valence-corrected chi connectivity index (χ1v) is 8.48. The van der Waals surface area contributed by atoms with Gasteiger partial charge in [0.2, 0.25) is 11.8 Å². The minimum atomic E-state index is -1.05. The van der Waals surface area contributed by atoms with Crippen LogP contribution in [-0.2, 0) is 9.59 Å². The number of carbonyl (C=O) groups excluding carboxylic acids is 4. The first-order chi connectivity index (χ1) is 12.5. The van der Waals surface area contributed by atoms with Crippen molar-refractivity contribution in [3.8, 4) is 0 Å². The summed E-state index contributed by atoms with van der Waals surface area (Å²) in [5.41, 5.74) is 0.322. The number of nitrogens with one attached hydrogen (secondary N) is 2. The first-order valence-electron chi connectivity index (χ1n) is 8.48. The van der Waals surface area contributed by atoms with Crippen LogP contribution in [0.3, 0.4) is 0 Å². The van der Waals surface area contributed by atoms with E-state index in [2.05, 4.69) is 10.6 Å². The van der Waals surface area contributed by atoms with E-state index in [1.165, 1.54) is 6.07 Å². The van der Waals surface area contributed by atoms with Crippen molar-refractivity contribution in [2.75, 3.05) is 31.1 Å². The van der Waals surface area contributed by atoms with Crippen LogP contribution in [0.1, 0.15) is 33.6 Å². The summed E-state index contributed by atoms with van der Waals surface area (Å²) in [6.07, 6.45) is 0.119. The Morgan fingerprint density at radius 2 is 1.63 bits per heavy atom. The molecule has 4 amide bonds. The number of halogens is 2. The third-order valence-electron chi connectivity index (χ3n) is 4.96. The third-order valence-corrected chi connectivity index (χ3v) is 4.96. The van der Waals surface area contributed by atoms with E-state index in [1.807, 2.05) is 4.90 Å². The fourth-order valence-electron chi connectivity index (χ4n) is 3.63. The first kappa shape index (κ1) is 19.2. The maximum Gasteiger partial charge on any atom is 0.262 e. The Kier molecular flexibility index (Phi) is 5.16. The zero-order valence-corrected chi connectivity index (χ0v) is 15.1. The highest BCUT2D eigenvalue weighted by atomic mass is 35.5. The SMILES string of the molecule is Cl.O=C1CC[C@H](N2C(=O)c3cc(F)c(N4CCNCC4)cc3C2=O)C(=O)N1. The topological polar surface area (TPSA) is 98.8 Å². The molecule has 1 aromatic carbocycles. The number of imide groups is 2. The molecule has 1 atom stereocenters. The summed E-state index contributed by atoms with van der Waals surface area (Å²) < 4.78 is 14.6. The summed E-state index contributed by atoms with van der Waals surface area (Å²) >= 11 is 0. The molecule has 2 saturated heterocycles. The number of anilines is 1. The van der Waals surface area contributed by atoms with Crippen LogP contribution >= 0.6 is 12.4 Å². The molecule has 2 fully saturated rings. The van der Waals surface area contributed by atoms with Crippen molar-refractivity contribution >= 4 is 41.7 Å². The van der Waals surface area contributed by atoms with Gasteiger partial charge in [-0.3, -0.25) is 29.4 Å². The highest BCUT2D eigenvalue weighted by molar-refractivity contribution is 6.23. The number of piperazine rings is 1. The summed E-state index contributed by atoms with van der Waals surface area (Å²) in [5.74, 6) is -3.02. The molecule has 8 nitrogen and oxygen atoms in total. The Balaban J connectivity index is 0.00000210. The number of nitrogens with zero attached hydrogens (tertiary/aromatic N) is 2. The molecule has 27 heavy (non-hydrogen) atoms. The molecule has 0 radical (unpaired) electrons. The lowest BCUT2D eigenvalue weighted by Gasteiger charge is -2.30. The molecule has 0 aromatic heterocycles. The van der Waals surface area contributed by atoms with Crippen LogP contribution in [0.25, 0.3) is 0 Å². The number of fused-ring (bicyclic) bond motifs is 1. The van der Waals surface area contributed by atoms with Gasteiger partial charge in [-0.05, 0) is 18.6 Å². The molecule has 0 unspecified atom stereocenters. The van der Waals surface area contributed by atoms with Gasteiger partial charge in [0.25, 0.3) is 11.8 Å². The van der Waals surface area contributed by atoms with Crippen molar-refractivity contribution in [2.24, 2.45) is 0 Å².